The number of nitrogens with two attached hydrogens (primary N) is 1. The number of likely N-dealkylation sites (tertiary alicyclic amines) is 1. The van der Waals surface area contributed by atoms with Crippen LogP contribution >= 0.6 is 0 Å². The van der Waals surface area contributed by atoms with Crippen LogP contribution < -0.4 is 5.73 Å². The zero-order valence-corrected chi connectivity index (χ0v) is 9.70. The Morgan fingerprint density at radius 2 is 2.22 bits per heavy atom. The number of carbonyl (C=O) groups is 1. The molecular formula is C12H14F2N2O2. The van der Waals surface area contributed by atoms with Crippen molar-refractivity contribution < 1.29 is 18.7 Å². The fourth-order valence-electron chi connectivity index (χ4n) is 2.20. The van der Waals surface area contributed by atoms with E-state index < -0.39 is 23.1 Å². The van der Waals surface area contributed by atoms with Gasteiger partial charge in [0.15, 0.2) is 5.82 Å². The molecule has 1 fully saturated rings. The molecule has 6 heteroatoms. The second-order valence-corrected chi connectivity index (χ2v) is 4.30. The summed E-state index contributed by atoms with van der Waals surface area (Å²) in [4.78, 5) is 13.4. The molecule has 0 aliphatic carbocycles. The number of aliphatic hydroxyl groups is 1. The molecule has 1 amide bonds. The van der Waals surface area contributed by atoms with Crippen LogP contribution in [0.15, 0.2) is 12.1 Å². The number of rotatable bonds is 2. The van der Waals surface area contributed by atoms with Gasteiger partial charge in [0.05, 0.1) is 18.3 Å². The van der Waals surface area contributed by atoms with Gasteiger partial charge in [-0.1, -0.05) is 0 Å². The van der Waals surface area contributed by atoms with Gasteiger partial charge in [-0.3, -0.25) is 4.79 Å². The molecule has 0 aromatic heterocycles. The number of nitrogen functional groups attached to an aromatic ring is 1. The zero-order valence-electron chi connectivity index (χ0n) is 9.70. The fourth-order valence-corrected chi connectivity index (χ4v) is 2.20. The van der Waals surface area contributed by atoms with Crippen LogP contribution in [0.2, 0.25) is 0 Å². The van der Waals surface area contributed by atoms with E-state index in [9.17, 15) is 13.6 Å². The molecular weight excluding hydrogens is 242 g/mol. The summed E-state index contributed by atoms with van der Waals surface area (Å²) in [6, 6.07) is 1.67. The summed E-state index contributed by atoms with van der Waals surface area (Å²) >= 11 is 0. The van der Waals surface area contributed by atoms with E-state index in [0.29, 0.717) is 19.4 Å². The second kappa shape index (κ2) is 4.89. The Labute approximate surface area is 103 Å². The van der Waals surface area contributed by atoms with Crippen molar-refractivity contribution in [3.8, 4) is 0 Å². The summed E-state index contributed by atoms with van der Waals surface area (Å²) in [6.07, 6.45) is 1.34. The molecule has 0 spiro atoms. The van der Waals surface area contributed by atoms with Crippen molar-refractivity contribution in [2.45, 2.75) is 18.9 Å². The van der Waals surface area contributed by atoms with Crippen LogP contribution in [0, 0.1) is 11.6 Å². The number of amides is 1. The molecule has 3 N–H and O–H groups in total. The summed E-state index contributed by atoms with van der Waals surface area (Å²) < 4.78 is 27.3. The summed E-state index contributed by atoms with van der Waals surface area (Å²) in [7, 11) is 0. The van der Waals surface area contributed by atoms with E-state index in [4.69, 9.17) is 10.8 Å². The Morgan fingerprint density at radius 1 is 1.50 bits per heavy atom. The lowest BCUT2D eigenvalue weighted by atomic mass is 10.1. The molecule has 1 heterocycles. The number of nitrogens with zero attached hydrogens (tertiary/aromatic N) is 1. The first-order chi connectivity index (χ1) is 8.56. The van der Waals surface area contributed by atoms with Gasteiger partial charge in [-0.15, -0.1) is 0 Å². The number of halogens is 2. The van der Waals surface area contributed by atoms with Gasteiger partial charge in [-0.25, -0.2) is 8.78 Å². The first kappa shape index (κ1) is 12.8. The number of aliphatic hydroxyl groups excluding tert-OH is 1. The maximum atomic E-state index is 13.7. The average molecular weight is 256 g/mol. The molecule has 4 nitrogen and oxygen atoms in total. The van der Waals surface area contributed by atoms with Gasteiger partial charge in [0, 0.05) is 6.54 Å². The first-order valence-electron chi connectivity index (χ1n) is 5.71. The monoisotopic (exact) mass is 256 g/mol. The van der Waals surface area contributed by atoms with Gasteiger partial charge in [-0.05, 0) is 25.0 Å². The Bertz CT molecular complexity index is 479. The highest BCUT2D eigenvalue weighted by molar-refractivity contribution is 5.96. The number of hydrogen-bond donors (Lipinski definition) is 2. The lowest BCUT2D eigenvalue weighted by Gasteiger charge is -2.23. The molecule has 1 aliphatic rings. The molecule has 98 valence electrons. The third kappa shape index (κ3) is 2.03. The number of benzene rings is 1. The first-order valence-corrected chi connectivity index (χ1v) is 5.71. The van der Waals surface area contributed by atoms with Crippen molar-refractivity contribution in [3.63, 3.8) is 0 Å². The lowest BCUT2D eigenvalue weighted by molar-refractivity contribution is 0.0668. The normalized spacial score (nSPS) is 19.3. The van der Waals surface area contributed by atoms with Crippen molar-refractivity contribution in [2.24, 2.45) is 0 Å². The largest absolute Gasteiger partial charge is 0.396 e. The van der Waals surface area contributed by atoms with Crippen molar-refractivity contribution >= 4 is 11.6 Å². The fraction of sp³-hybridized carbons (Fsp3) is 0.417. The maximum absolute atomic E-state index is 13.7. The maximum Gasteiger partial charge on any atom is 0.260 e. The van der Waals surface area contributed by atoms with E-state index in [-0.39, 0.29) is 18.3 Å². The predicted octanol–water partition coefficient (Wildman–Crippen LogP) is 1.14. The molecule has 18 heavy (non-hydrogen) atoms. The van der Waals surface area contributed by atoms with Crippen LogP contribution in [-0.4, -0.2) is 35.1 Å². The van der Waals surface area contributed by atoms with Crippen molar-refractivity contribution in [2.75, 3.05) is 18.9 Å². The standard InChI is InChI=1S/C12H14F2N2O2/c13-8-3-4-9(15)11(14)10(8)12(18)16-5-1-2-7(16)6-17/h3-4,7,17H,1-2,5-6,15H2. The van der Waals surface area contributed by atoms with Crippen LogP contribution in [0.1, 0.15) is 23.2 Å². The van der Waals surface area contributed by atoms with E-state index in [2.05, 4.69) is 0 Å². The third-order valence-electron chi connectivity index (χ3n) is 3.18. The van der Waals surface area contributed by atoms with Crippen LogP contribution in [-0.2, 0) is 0 Å². The second-order valence-electron chi connectivity index (χ2n) is 4.30. The predicted molar refractivity (Wildman–Crippen MR) is 61.9 cm³/mol. The molecule has 1 saturated heterocycles. The van der Waals surface area contributed by atoms with Gasteiger partial charge >= 0.3 is 0 Å². The molecule has 1 atom stereocenters. The topological polar surface area (TPSA) is 66.6 Å². The zero-order chi connectivity index (χ0) is 13.3. The molecule has 1 aromatic carbocycles. The van der Waals surface area contributed by atoms with Crippen molar-refractivity contribution in [3.05, 3.63) is 29.3 Å². The number of anilines is 1. The molecule has 1 aliphatic heterocycles. The van der Waals surface area contributed by atoms with Gasteiger partial charge in [-0.2, -0.15) is 0 Å². The molecule has 1 aromatic rings. The highest BCUT2D eigenvalue weighted by atomic mass is 19.1. The molecule has 2 rings (SSSR count). The van der Waals surface area contributed by atoms with E-state index >= 15 is 0 Å². The summed E-state index contributed by atoms with van der Waals surface area (Å²) in [5, 5.41) is 9.12. The Kier molecular flexibility index (Phi) is 3.47. The van der Waals surface area contributed by atoms with Crippen molar-refractivity contribution in [1.82, 2.24) is 4.90 Å². The lowest BCUT2D eigenvalue weighted by Crippen LogP contribution is -2.38. The number of hydrogen-bond acceptors (Lipinski definition) is 3. The molecule has 0 radical (unpaired) electrons. The third-order valence-corrected chi connectivity index (χ3v) is 3.18. The summed E-state index contributed by atoms with van der Waals surface area (Å²) in [5.74, 6) is -2.73. The van der Waals surface area contributed by atoms with Crippen molar-refractivity contribution in [1.29, 1.82) is 0 Å². The Hall–Kier alpha value is -1.69. The SMILES string of the molecule is Nc1ccc(F)c(C(=O)N2CCCC2CO)c1F. The van der Waals surface area contributed by atoms with Crippen LogP contribution in [0.3, 0.4) is 0 Å². The van der Waals surface area contributed by atoms with Crippen LogP contribution in [0.5, 0.6) is 0 Å². The Balaban J connectivity index is 2.37. The molecule has 0 bridgehead atoms. The summed E-state index contributed by atoms with van der Waals surface area (Å²) in [5.41, 5.74) is 4.42. The molecule has 1 unspecified atom stereocenters. The smallest absolute Gasteiger partial charge is 0.260 e. The quantitative estimate of drug-likeness (QED) is 0.780. The van der Waals surface area contributed by atoms with Gasteiger partial charge in [0.1, 0.15) is 11.4 Å². The van der Waals surface area contributed by atoms with Gasteiger partial charge in [0.2, 0.25) is 0 Å². The molecule has 0 saturated carbocycles. The highest BCUT2D eigenvalue weighted by Gasteiger charge is 2.32. The van der Waals surface area contributed by atoms with Gasteiger partial charge in [0.25, 0.3) is 5.91 Å². The number of carbonyl (C=O) groups excluding carboxylic acids is 1. The van der Waals surface area contributed by atoms with Crippen LogP contribution in [0.25, 0.3) is 0 Å². The van der Waals surface area contributed by atoms with E-state index in [0.717, 1.165) is 12.1 Å². The highest BCUT2D eigenvalue weighted by Crippen LogP contribution is 2.24. The van der Waals surface area contributed by atoms with E-state index in [1.54, 1.807) is 0 Å². The Morgan fingerprint density at radius 3 is 2.89 bits per heavy atom. The van der Waals surface area contributed by atoms with Crippen LogP contribution in [0.4, 0.5) is 14.5 Å². The minimum Gasteiger partial charge on any atom is -0.396 e. The summed E-state index contributed by atoms with van der Waals surface area (Å²) in [6.45, 7) is 0.176. The minimum atomic E-state index is -1.04. The van der Waals surface area contributed by atoms with E-state index in [1.807, 2.05) is 0 Å². The minimum absolute atomic E-state index is 0.211. The average Bonchev–Trinajstić information content (AvgIpc) is 2.82. The van der Waals surface area contributed by atoms with E-state index in [1.165, 1.54) is 4.90 Å². The van der Waals surface area contributed by atoms with Gasteiger partial charge < -0.3 is 15.7 Å².